The molecule has 0 N–H and O–H groups in total. The number of rotatable bonds is 11. The lowest BCUT2D eigenvalue weighted by molar-refractivity contribution is 0.219. The van der Waals surface area contributed by atoms with Gasteiger partial charge in [-0.05, 0) is 68.1 Å². The summed E-state index contributed by atoms with van der Waals surface area (Å²) < 4.78 is 0. The van der Waals surface area contributed by atoms with Crippen LogP contribution in [0.4, 0.5) is 0 Å². The average Bonchev–Trinajstić information content (AvgIpc) is 3.35. The van der Waals surface area contributed by atoms with Crippen molar-refractivity contribution in [3.8, 4) is 0 Å². The lowest BCUT2D eigenvalue weighted by Crippen LogP contribution is -2.25. The summed E-state index contributed by atoms with van der Waals surface area (Å²) in [4.78, 5) is 0. The van der Waals surface area contributed by atoms with Crippen LogP contribution >= 0.6 is 0 Å². The SMILES string of the molecule is CCCCCCCCCCCCC1CC2=C3C4CCC(C4)C3C1C2. The monoisotopic (exact) mass is 328 g/mol. The minimum absolute atomic E-state index is 1.07. The molecule has 3 saturated carbocycles. The van der Waals surface area contributed by atoms with Crippen molar-refractivity contribution >= 4 is 0 Å². The smallest absolute Gasteiger partial charge is 0.0135 e. The van der Waals surface area contributed by atoms with Gasteiger partial charge in [-0.25, -0.2) is 0 Å². The quantitative estimate of drug-likeness (QED) is 0.269. The Kier molecular flexibility index (Phi) is 5.70. The molecule has 0 radical (unpaired) electrons. The van der Waals surface area contributed by atoms with Crippen LogP contribution in [0.25, 0.3) is 0 Å². The Morgan fingerprint density at radius 3 is 2.25 bits per heavy atom. The van der Waals surface area contributed by atoms with Crippen LogP contribution in [0.15, 0.2) is 11.1 Å². The molecule has 4 aliphatic rings. The minimum Gasteiger partial charge on any atom is -0.0698 e. The number of hydrogen-bond donors (Lipinski definition) is 0. The standard InChI is InChI=1S/C24H40/c1-2-3-4-5-6-7-8-9-10-11-12-18-15-21-17-22(18)24-20-14-13-19(16-20)23(21)24/h18-20,22,24H,2-17H2,1H3. The maximum atomic E-state index is 2.31. The van der Waals surface area contributed by atoms with E-state index in [-0.39, 0.29) is 0 Å². The van der Waals surface area contributed by atoms with Gasteiger partial charge < -0.3 is 0 Å². The van der Waals surface area contributed by atoms with E-state index in [4.69, 9.17) is 0 Å². The highest BCUT2D eigenvalue weighted by Gasteiger charge is 2.55. The van der Waals surface area contributed by atoms with Crippen molar-refractivity contribution < 1.29 is 0 Å². The summed E-state index contributed by atoms with van der Waals surface area (Å²) in [7, 11) is 0. The van der Waals surface area contributed by atoms with Crippen LogP contribution in [0.1, 0.15) is 110 Å². The van der Waals surface area contributed by atoms with Crippen molar-refractivity contribution in [3.63, 3.8) is 0 Å². The summed E-state index contributed by atoms with van der Waals surface area (Å²) in [5.41, 5.74) is 4.02. The second kappa shape index (κ2) is 7.96. The highest BCUT2D eigenvalue weighted by molar-refractivity contribution is 5.37. The van der Waals surface area contributed by atoms with Gasteiger partial charge in [-0.2, -0.15) is 0 Å². The van der Waals surface area contributed by atoms with Crippen molar-refractivity contribution in [2.75, 3.05) is 0 Å². The van der Waals surface area contributed by atoms with Gasteiger partial charge in [0.1, 0.15) is 0 Å². The Labute approximate surface area is 150 Å². The van der Waals surface area contributed by atoms with Crippen molar-refractivity contribution in [3.05, 3.63) is 11.1 Å². The Hall–Kier alpha value is -0.260. The molecule has 5 unspecified atom stereocenters. The highest BCUT2D eigenvalue weighted by atomic mass is 14.6. The van der Waals surface area contributed by atoms with Crippen molar-refractivity contribution in [1.82, 2.24) is 0 Å². The molecule has 5 atom stereocenters. The van der Waals surface area contributed by atoms with Gasteiger partial charge >= 0.3 is 0 Å². The molecule has 4 rings (SSSR count). The predicted molar refractivity (Wildman–Crippen MR) is 104 cm³/mol. The molecule has 4 aliphatic carbocycles. The predicted octanol–water partition coefficient (Wildman–Crippen LogP) is 7.68. The number of fused-ring (bicyclic) bond motifs is 8. The first-order valence-electron chi connectivity index (χ1n) is 11.6. The molecule has 136 valence electrons. The molecule has 0 spiro atoms. The maximum Gasteiger partial charge on any atom is -0.0135 e. The summed E-state index contributed by atoms with van der Waals surface area (Å²) in [6, 6.07) is 0. The first kappa shape index (κ1) is 17.2. The van der Waals surface area contributed by atoms with Crippen LogP contribution in [0.2, 0.25) is 0 Å². The fraction of sp³-hybridized carbons (Fsp3) is 0.917. The first-order valence-corrected chi connectivity index (χ1v) is 11.6. The van der Waals surface area contributed by atoms with E-state index in [1.807, 2.05) is 11.1 Å². The average molecular weight is 329 g/mol. The van der Waals surface area contributed by atoms with E-state index in [9.17, 15) is 0 Å². The first-order chi connectivity index (χ1) is 11.9. The molecular formula is C24H40. The third-order valence-electron chi connectivity index (χ3n) is 8.17. The zero-order valence-electron chi connectivity index (χ0n) is 16.2. The minimum atomic E-state index is 1.07. The Bertz CT molecular complexity index is 445. The van der Waals surface area contributed by atoms with E-state index in [1.54, 1.807) is 25.7 Å². The van der Waals surface area contributed by atoms with Crippen LogP contribution < -0.4 is 0 Å². The van der Waals surface area contributed by atoms with Gasteiger partial charge in [0.05, 0.1) is 0 Å². The molecule has 0 amide bonds. The number of hydrogen-bond acceptors (Lipinski definition) is 0. The van der Waals surface area contributed by atoms with Crippen molar-refractivity contribution in [2.24, 2.45) is 29.6 Å². The van der Waals surface area contributed by atoms with E-state index in [0.29, 0.717) is 0 Å². The molecule has 24 heavy (non-hydrogen) atoms. The van der Waals surface area contributed by atoms with E-state index in [1.165, 1.54) is 77.0 Å². The summed E-state index contributed by atoms with van der Waals surface area (Å²) in [5, 5.41) is 0. The summed E-state index contributed by atoms with van der Waals surface area (Å²) in [6.45, 7) is 2.31. The van der Waals surface area contributed by atoms with Crippen LogP contribution in [0, 0.1) is 29.6 Å². The topological polar surface area (TPSA) is 0 Å². The third kappa shape index (κ3) is 3.36. The Balaban J connectivity index is 1.09. The second-order valence-corrected chi connectivity index (χ2v) is 9.66. The van der Waals surface area contributed by atoms with Crippen LogP contribution in [-0.2, 0) is 0 Å². The summed E-state index contributed by atoms with van der Waals surface area (Å²) in [6.07, 6.45) is 24.2. The Morgan fingerprint density at radius 2 is 1.50 bits per heavy atom. The normalized spacial score (nSPS) is 36.1. The van der Waals surface area contributed by atoms with Gasteiger partial charge in [0, 0.05) is 0 Å². The highest BCUT2D eigenvalue weighted by Crippen LogP contribution is 2.66. The molecule has 0 heterocycles. The fourth-order valence-electron chi connectivity index (χ4n) is 7.12. The molecule has 0 aromatic rings. The second-order valence-electron chi connectivity index (χ2n) is 9.66. The molecule has 4 bridgehead atoms. The summed E-state index contributed by atoms with van der Waals surface area (Å²) >= 11 is 0. The van der Waals surface area contributed by atoms with E-state index in [2.05, 4.69) is 6.92 Å². The molecule has 3 fully saturated rings. The largest absolute Gasteiger partial charge is 0.0698 e. The van der Waals surface area contributed by atoms with Gasteiger partial charge in [0.15, 0.2) is 0 Å². The number of allylic oxidation sites excluding steroid dienone is 2. The van der Waals surface area contributed by atoms with Gasteiger partial charge in [0.2, 0.25) is 0 Å². The van der Waals surface area contributed by atoms with Gasteiger partial charge in [-0.3, -0.25) is 0 Å². The van der Waals surface area contributed by atoms with Crippen LogP contribution in [-0.4, -0.2) is 0 Å². The molecule has 0 nitrogen and oxygen atoms in total. The van der Waals surface area contributed by atoms with Crippen molar-refractivity contribution in [1.29, 1.82) is 0 Å². The van der Waals surface area contributed by atoms with E-state index in [0.717, 1.165) is 29.6 Å². The van der Waals surface area contributed by atoms with Gasteiger partial charge in [0.25, 0.3) is 0 Å². The summed E-state index contributed by atoms with van der Waals surface area (Å²) in [5.74, 6) is 5.51. The Morgan fingerprint density at radius 1 is 0.792 bits per heavy atom. The zero-order valence-corrected chi connectivity index (χ0v) is 16.2. The molecule has 0 aromatic heterocycles. The maximum absolute atomic E-state index is 2.31. The van der Waals surface area contributed by atoms with E-state index < -0.39 is 0 Å². The zero-order chi connectivity index (χ0) is 16.4. The fourth-order valence-corrected chi connectivity index (χ4v) is 7.12. The molecule has 0 aliphatic heterocycles. The van der Waals surface area contributed by atoms with E-state index >= 15 is 0 Å². The third-order valence-corrected chi connectivity index (χ3v) is 8.17. The number of unbranched alkanes of at least 4 members (excludes halogenated alkanes) is 9. The molecule has 0 saturated heterocycles. The van der Waals surface area contributed by atoms with Crippen LogP contribution in [0.5, 0.6) is 0 Å². The van der Waals surface area contributed by atoms with Crippen molar-refractivity contribution in [2.45, 2.75) is 110 Å². The molecule has 0 heteroatoms. The lowest BCUT2D eigenvalue weighted by Gasteiger charge is -2.33. The molecule has 0 aromatic carbocycles. The van der Waals surface area contributed by atoms with Gasteiger partial charge in [-0.15, -0.1) is 0 Å². The van der Waals surface area contributed by atoms with Gasteiger partial charge in [-0.1, -0.05) is 82.3 Å². The van der Waals surface area contributed by atoms with Crippen LogP contribution in [0.3, 0.4) is 0 Å². The lowest BCUT2D eigenvalue weighted by atomic mass is 9.71. The molecular weight excluding hydrogens is 288 g/mol.